The molecule has 18 heavy (non-hydrogen) atoms. The third kappa shape index (κ3) is 4.58. The molecule has 0 radical (unpaired) electrons. The molecule has 1 atom stereocenters. The van der Waals surface area contributed by atoms with Crippen molar-refractivity contribution in [2.24, 2.45) is 0 Å². The summed E-state index contributed by atoms with van der Waals surface area (Å²) in [5, 5.41) is 0. The average molecular weight is 270 g/mol. The van der Waals surface area contributed by atoms with Gasteiger partial charge in [0.25, 0.3) is 0 Å². The normalized spacial score (nSPS) is 21.7. The molecule has 100 valence electrons. The van der Waals surface area contributed by atoms with Crippen LogP contribution in [-0.4, -0.2) is 43.4 Å². The number of ether oxygens (including phenoxy) is 2. The van der Waals surface area contributed by atoms with Gasteiger partial charge in [0.05, 0.1) is 13.2 Å². The summed E-state index contributed by atoms with van der Waals surface area (Å²) >= 11 is 5.61. The summed E-state index contributed by atoms with van der Waals surface area (Å²) in [5.74, 6) is 0.521. The number of halogens is 1. The third-order valence-electron chi connectivity index (χ3n) is 3.02. The van der Waals surface area contributed by atoms with E-state index in [0.717, 1.165) is 32.7 Å². The second-order valence-electron chi connectivity index (χ2n) is 4.41. The molecule has 0 aliphatic carbocycles. The fraction of sp³-hybridized carbons (Fsp3) is 0.571. The molecule has 1 fully saturated rings. The van der Waals surface area contributed by atoms with Crippen LogP contribution in [-0.2, 0) is 16.0 Å². The highest BCUT2D eigenvalue weighted by Gasteiger charge is 2.17. The first-order valence-corrected chi connectivity index (χ1v) is 6.97. The Kier molecular flexibility index (Phi) is 5.94. The van der Waals surface area contributed by atoms with Gasteiger partial charge in [-0.05, 0) is 5.56 Å². The molecule has 0 amide bonds. The van der Waals surface area contributed by atoms with E-state index in [0.29, 0.717) is 12.5 Å². The molecule has 4 heteroatoms. The van der Waals surface area contributed by atoms with Crippen LogP contribution in [0, 0.1) is 0 Å². The van der Waals surface area contributed by atoms with Crippen molar-refractivity contribution >= 4 is 11.6 Å². The second-order valence-corrected chi connectivity index (χ2v) is 4.79. The van der Waals surface area contributed by atoms with Crippen LogP contribution in [0.4, 0.5) is 0 Å². The van der Waals surface area contributed by atoms with Crippen molar-refractivity contribution in [3.63, 3.8) is 0 Å². The van der Waals surface area contributed by atoms with Gasteiger partial charge in [0.2, 0.25) is 0 Å². The molecular formula is C14H20ClNO2. The number of hydrogen-bond donors (Lipinski definition) is 0. The van der Waals surface area contributed by atoms with Gasteiger partial charge in [0.15, 0.2) is 6.29 Å². The van der Waals surface area contributed by atoms with E-state index in [4.69, 9.17) is 21.1 Å². The predicted molar refractivity (Wildman–Crippen MR) is 72.7 cm³/mol. The van der Waals surface area contributed by atoms with Gasteiger partial charge in [-0.15, -0.1) is 11.6 Å². The van der Waals surface area contributed by atoms with Crippen LogP contribution >= 0.6 is 11.6 Å². The van der Waals surface area contributed by atoms with Crippen molar-refractivity contribution < 1.29 is 9.47 Å². The van der Waals surface area contributed by atoms with E-state index in [1.165, 1.54) is 5.56 Å². The summed E-state index contributed by atoms with van der Waals surface area (Å²) in [4.78, 5) is 2.40. The highest BCUT2D eigenvalue weighted by Crippen LogP contribution is 2.11. The summed E-state index contributed by atoms with van der Waals surface area (Å²) in [7, 11) is 0. The van der Waals surface area contributed by atoms with Gasteiger partial charge >= 0.3 is 0 Å². The van der Waals surface area contributed by atoms with Crippen molar-refractivity contribution in [1.82, 2.24) is 4.90 Å². The van der Waals surface area contributed by atoms with E-state index in [1.807, 2.05) is 6.07 Å². The lowest BCUT2D eigenvalue weighted by Crippen LogP contribution is -2.26. The number of hydrogen-bond acceptors (Lipinski definition) is 3. The van der Waals surface area contributed by atoms with E-state index >= 15 is 0 Å². The average Bonchev–Trinajstić information content (AvgIpc) is 2.63. The highest BCUT2D eigenvalue weighted by molar-refractivity contribution is 6.17. The maximum absolute atomic E-state index is 5.65. The zero-order valence-corrected chi connectivity index (χ0v) is 11.3. The lowest BCUT2D eigenvalue weighted by molar-refractivity contribution is -0.133. The van der Waals surface area contributed by atoms with Crippen LogP contribution in [0.2, 0.25) is 0 Å². The first-order valence-electron chi connectivity index (χ1n) is 6.44. The van der Waals surface area contributed by atoms with Gasteiger partial charge in [0, 0.05) is 31.9 Å². The SMILES string of the molecule is ClCCOC1CCN(Cc2ccccc2)CCO1. The molecule has 2 rings (SSSR count). The summed E-state index contributed by atoms with van der Waals surface area (Å²) in [5.41, 5.74) is 1.35. The molecule has 1 aliphatic heterocycles. The maximum Gasteiger partial charge on any atom is 0.158 e. The van der Waals surface area contributed by atoms with Gasteiger partial charge in [-0.1, -0.05) is 30.3 Å². The summed E-state index contributed by atoms with van der Waals surface area (Å²) in [6.07, 6.45) is 0.813. The minimum atomic E-state index is -0.0930. The van der Waals surface area contributed by atoms with Crippen molar-refractivity contribution in [2.75, 3.05) is 32.2 Å². The molecule has 1 heterocycles. The molecule has 3 nitrogen and oxygen atoms in total. The molecule has 0 aromatic heterocycles. The third-order valence-corrected chi connectivity index (χ3v) is 3.18. The maximum atomic E-state index is 5.65. The minimum absolute atomic E-state index is 0.0930. The summed E-state index contributed by atoms with van der Waals surface area (Å²) in [6.45, 7) is 4.22. The topological polar surface area (TPSA) is 21.7 Å². The molecule has 1 aliphatic rings. The Labute approximate surface area is 114 Å². The van der Waals surface area contributed by atoms with Crippen LogP contribution in [0.5, 0.6) is 0 Å². The second kappa shape index (κ2) is 7.74. The molecule has 0 N–H and O–H groups in total. The van der Waals surface area contributed by atoms with Gasteiger partial charge in [-0.3, -0.25) is 4.90 Å². The molecular weight excluding hydrogens is 250 g/mol. The largest absolute Gasteiger partial charge is 0.351 e. The Bertz CT molecular complexity index is 334. The van der Waals surface area contributed by atoms with E-state index < -0.39 is 0 Å². The summed E-state index contributed by atoms with van der Waals surface area (Å²) < 4.78 is 11.2. The Morgan fingerprint density at radius 1 is 1.28 bits per heavy atom. The van der Waals surface area contributed by atoms with E-state index in [2.05, 4.69) is 29.2 Å². The first kappa shape index (κ1) is 13.8. The van der Waals surface area contributed by atoms with Crippen molar-refractivity contribution in [1.29, 1.82) is 0 Å². The fourth-order valence-electron chi connectivity index (χ4n) is 2.10. The monoisotopic (exact) mass is 269 g/mol. The fourth-order valence-corrected chi connectivity index (χ4v) is 2.19. The van der Waals surface area contributed by atoms with Crippen LogP contribution in [0.25, 0.3) is 0 Å². The van der Waals surface area contributed by atoms with E-state index in [-0.39, 0.29) is 6.29 Å². The number of rotatable bonds is 5. The molecule has 1 saturated heterocycles. The van der Waals surface area contributed by atoms with Crippen LogP contribution in [0.1, 0.15) is 12.0 Å². The van der Waals surface area contributed by atoms with E-state index in [9.17, 15) is 0 Å². The predicted octanol–water partition coefficient (Wildman–Crippen LogP) is 2.49. The molecule has 0 spiro atoms. The zero-order chi connectivity index (χ0) is 12.6. The minimum Gasteiger partial charge on any atom is -0.351 e. The van der Waals surface area contributed by atoms with Gasteiger partial charge in [-0.2, -0.15) is 0 Å². The van der Waals surface area contributed by atoms with Crippen molar-refractivity contribution in [3.8, 4) is 0 Å². The van der Waals surface area contributed by atoms with Crippen molar-refractivity contribution in [3.05, 3.63) is 35.9 Å². The Hall–Kier alpha value is -0.610. The van der Waals surface area contributed by atoms with E-state index in [1.54, 1.807) is 0 Å². The molecule has 1 aromatic carbocycles. The standard InChI is InChI=1S/C14H20ClNO2/c15-7-10-17-14-6-8-16(9-11-18-14)12-13-4-2-1-3-5-13/h1-5,14H,6-12H2. The van der Waals surface area contributed by atoms with Crippen LogP contribution < -0.4 is 0 Å². The van der Waals surface area contributed by atoms with Crippen molar-refractivity contribution in [2.45, 2.75) is 19.3 Å². The molecule has 1 aromatic rings. The zero-order valence-electron chi connectivity index (χ0n) is 10.6. The van der Waals surface area contributed by atoms with Crippen LogP contribution in [0.3, 0.4) is 0 Å². The van der Waals surface area contributed by atoms with Crippen LogP contribution in [0.15, 0.2) is 30.3 Å². The molecule has 1 unspecified atom stereocenters. The molecule has 0 saturated carbocycles. The highest BCUT2D eigenvalue weighted by atomic mass is 35.5. The smallest absolute Gasteiger partial charge is 0.158 e. The van der Waals surface area contributed by atoms with Gasteiger partial charge in [0.1, 0.15) is 0 Å². The van der Waals surface area contributed by atoms with Gasteiger partial charge < -0.3 is 9.47 Å². The first-order chi connectivity index (χ1) is 8.88. The lowest BCUT2D eigenvalue weighted by atomic mass is 10.2. The number of nitrogens with zero attached hydrogens (tertiary/aromatic N) is 1. The number of benzene rings is 1. The lowest BCUT2D eigenvalue weighted by Gasteiger charge is -2.19. The molecule has 0 bridgehead atoms. The Morgan fingerprint density at radius 3 is 2.89 bits per heavy atom. The van der Waals surface area contributed by atoms with Gasteiger partial charge in [-0.25, -0.2) is 0 Å². The number of alkyl halides is 1. The Morgan fingerprint density at radius 2 is 2.11 bits per heavy atom. The Balaban J connectivity index is 1.78. The quantitative estimate of drug-likeness (QED) is 0.767. The summed E-state index contributed by atoms with van der Waals surface area (Å²) in [6, 6.07) is 10.5.